The third kappa shape index (κ3) is 1.48. The van der Waals surface area contributed by atoms with E-state index in [1.165, 1.54) is 12.1 Å². The van der Waals surface area contributed by atoms with Gasteiger partial charge < -0.3 is 15.8 Å². The zero-order chi connectivity index (χ0) is 13.7. The Kier molecular flexibility index (Phi) is 2.09. The van der Waals surface area contributed by atoms with Crippen molar-refractivity contribution >= 4 is 33.8 Å². The third-order valence-electron chi connectivity index (χ3n) is 3.30. The number of rotatable bonds is 0. The molecule has 5 nitrogen and oxygen atoms in total. The molecule has 0 saturated carbocycles. The Morgan fingerprint density at radius 3 is 2.80 bits per heavy atom. The van der Waals surface area contributed by atoms with Crippen LogP contribution in [0.25, 0.3) is 10.9 Å². The first-order valence-electron chi connectivity index (χ1n) is 6.08. The number of benzene rings is 2. The summed E-state index contributed by atoms with van der Waals surface area (Å²) in [5.74, 6) is 0.103. The van der Waals surface area contributed by atoms with Crippen molar-refractivity contribution in [3.8, 4) is 0 Å². The van der Waals surface area contributed by atoms with Crippen molar-refractivity contribution in [1.29, 1.82) is 0 Å². The molecule has 0 saturated heterocycles. The van der Waals surface area contributed by atoms with Crippen LogP contribution in [0.2, 0.25) is 0 Å². The number of hydrogen-bond donors (Lipinski definition) is 2. The second-order valence-electron chi connectivity index (χ2n) is 4.55. The molecule has 1 aromatic heterocycles. The molecule has 0 bridgehead atoms. The highest BCUT2D eigenvalue weighted by Crippen LogP contribution is 2.39. The van der Waals surface area contributed by atoms with Gasteiger partial charge in [0.2, 0.25) is 5.82 Å². The summed E-state index contributed by atoms with van der Waals surface area (Å²) in [6.45, 7) is 0. The second kappa shape index (κ2) is 3.80. The summed E-state index contributed by atoms with van der Waals surface area (Å²) >= 11 is 0. The molecule has 3 aromatic rings. The van der Waals surface area contributed by atoms with Crippen LogP contribution in [0.5, 0.6) is 0 Å². The van der Waals surface area contributed by atoms with Crippen LogP contribution in [0.15, 0.2) is 42.5 Å². The first kappa shape index (κ1) is 11.0. The van der Waals surface area contributed by atoms with E-state index < -0.39 is 0 Å². The molecule has 98 valence electrons. The maximum atomic E-state index is 13.3. The van der Waals surface area contributed by atoms with Crippen LogP contribution in [-0.4, -0.2) is 5.10 Å². The number of nitrogens with zero attached hydrogens (tertiary/aromatic N) is 2. The normalized spacial score (nSPS) is 12.2. The number of hydrogen-bond acceptors (Lipinski definition) is 4. The van der Waals surface area contributed by atoms with E-state index in [2.05, 4.69) is 15.7 Å². The van der Waals surface area contributed by atoms with E-state index in [9.17, 15) is 9.60 Å². The Morgan fingerprint density at radius 2 is 1.90 bits per heavy atom. The number of para-hydroxylation sites is 1. The summed E-state index contributed by atoms with van der Waals surface area (Å²) < 4.78 is 13.3. The van der Waals surface area contributed by atoms with E-state index in [-0.39, 0.29) is 5.82 Å². The zero-order valence-electron chi connectivity index (χ0n) is 10.2. The lowest BCUT2D eigenvalue weighted by atomic mass is 10.1. The van der Waals surface area contributed by atoms with Crippen LogP contribution in [-0.2, 0) is 0 Å². The highest BCUT2D eigenvalue weighted by atomic mass is 19.1. The molecule has 0 amide bonds. The van der Waals surface area contributed by atoms with Gasteiger partial charge in [-0.2, -0.15) is 0 Å². The lowest BCUT2D eigenvalue weighted by molar-refractivity contribution is -0.641. The molecule has 2 aromatic carbocycles. The summed E-state index contributed by atoms with van der Waals surface area (Å²) in [6, 6.07) is 11.5. The van der Waals surface area contributed by atoms with Gasteiger partial charge in [-0.1, -0.05) is 12.1 Å². The van der Waals surface area contributed by atoms with Gasteiger partial charge in [-0.3, -0.25) is 0 Å². The van der Waals surface area contributed by atoms with E-state index >= 15 is 0 Å². The van der Waals surface area contributed by atoms with E-state index in [1.54, 1.807) is 18.2 Å². The van der Waals surface area contributed by atoms with Gasteiger partial charge >= 0.3 is 0 Å². The zero-order valence-corrected chi connectivity index (χ0v) is 10.2. The Labute approximate surface area is 113 Å². The Balaban J connectivity index is 1.98. The largest absolute Gasteiger partial charge is 0.594 e. The van der Waals surface area contributed by atoms with Gasteiger partial charge in [0.15, 0.2) is 0 Å². The van der Waals surface area contributed by atoms with E-state index in [0.717, 1.165) is 5.39 Å². The Hall–Kier alpha value is -2.89. The highest BCUT2D eigenvalue weighted by molar-refractivity contribution is 6.01. The average molecular weight is 268 g/mol. The monoisotopic (exact) mass is 268 g/mol. The molecule has 4 rings (SSSR count). The molecule has 1 aliphatic heterocycles. The first-order chi connectivity index (χ1) is 9.72. The van der Waals surface area contributed by atoms with Gasteiger partial charge in [0.05, 0.1) is 16.8 Å². The molecule has 6 heteroatoms. The Morgan fingerprint density at radius 1 is 1.05 bits per heavy atom. The van der Waals surface area contributed by atoms with Crippen molar-refractivity contribution in [2.75, 3.05) is 10.6 Å². The van der Waals surface area contributed by atoms with Crippen LogP contribution >= 0.6 is 0 Å². The Bertz CT molecular complexity index is 850. The molecular weight excluding hydrogens is 259 g/mol. The van der Waals surface area contributed by atoms with E-state index in [0.29, 0.717) is 33.2 Å². The second-order valence-corrected chi connectivity index (χ2v) is 4.55. The molecular formula is C14H9FN4O. The number of fused-ring (bicyclic) bond motifs is 4. The molecule has 0 unspecified atom stereocenters. The fourth-order valence-corrected chi connectivity index (χ4v) is 2.38. The van der Waals surface area contributed by atoms with Crippen molar-refractivity contribution in [2.24, 2.45) is 0 Å². The van der Waals surface area contributed by atoms with E-state index in [4.69, 9.17) is 0 Å². The molecule has 0 radical (unpaired) electrons. The lowest BCUT2D eigenvalue weighted by Gasteiger charge is -2.21. The van der Waals surface area contributed by atoms with Gasteiger partial charge in [0.1, 0.15) is 11.5 Å². The highest BCUT2D eigenvalue weighted by Gasteiger charge is 2.23. The van der Waals surface area contributed by atoms with Gasteiger partial charge in [-0.25, -0.2) is 4.39 Å². The van der Waals surface area contributed by atoms with Gasteiger partial charge in [-0.15, -0.1) is 0 Å². The molecule has 2 N–H and O–H groups in total. The quantitative estimate of drug-likeness (QED) is 0.380. The summed E-state index contributed by atoms with van der Waals surface area (Å²) in [5.41, 5.74) is 2.43. The van der Waals surface area contributed by atoms with Crippen LogP contribution in [0.4, 0.5) is 27.3 Å². The predicted molar refractivity (Wildman–Crippen MR) is 73.7 cm³/mol. The molecule has 1 aliphatic rings. The molecule has 2 heterocycles. The maximum absolute atomic E-state index is 13.3. The van der Waals surface area contributed by atoms with Crippen LogP contribution in [0, 0.1) is 11.0 Å². The minimum Gasteiger partial charge on any atom is -0.594 e. The van der Waals surface area contributed by atoms with Crippen molar-refractivity contribution in [3.05, 3.63) is 53.5 Å². The van der Waals surface area contributed by atoms with Crippen LogP contribution < -0.4 is 15.5 Å². The third-order valence-corrected chi connectivity index (χ3v) is 3.30. The van der Waals surface area contributed by atoms with Gasteiger partial charge in [0, 0.05) is 11.2 Å². The summed E-state index contributed by atoms with van der Waals surface area (Å²) in [4.78, 5) is 0.581. The van der Waals surface area contributed by atoms with Crippen LogP contribution in [0.1, 0.15) is 0 Å². The number of nitrogens with one attached hydrogen (secondary N) is 2. The number of anilines is 4. The molecule has 0 aliphatic carbocycles. The molecule has 0 spiro atoms. The standard InChI is InChI=1S/C14H9FN4O/c15-8-5-6-10-11(7-8)16-13-9-3-1-2-4-12(9)19(20)18-14(13)17-10/h1-7,16H,(H,17,18). The minimum atomic E-state index is -0.325. The molecule has 0 fully saturated rings. The van der Waals surface area contributed by atoms with Gasteiger partial charge in [-0.05, 0) is 29.1 Å². The number of halogens is 1. The smallest absolute Gasteiger partial charge is 0.254 e. The SMILES string of the molecule is [O-][n+]1nc2c(c3ccccc31)Nc1cc(F)ccc1N2. The summed E-state index contributed by atoms with van der Waals surface area (Å²) in [7, 11) is 0. The maximum Gasteiger partial charge on any atom is 0.254 e. The number of aromatic nitrogens is 2. The fourth-order valence-electron chi connectivity index (χ4n) is 2.38. The van der Waals surface area contributed by atoms with E-state index in [1.807, 2.05) is 12.1 Å². The average Bonchev–Trinajstić information content (AvgIpc) is 2.46. The molecule has 0 atom stereocenters. The minimum absolute atomic E-state index is 0.325. The van der Waals surface area contributed by atoms with Crippen molar-refractivity contribution in [2.45, 2.75) is 0 Å². The predicted octanol–water partition coefficient (Wildman–Crippen LogP) is 2.81. The van der Waals surface area contributed by atoms with Gasteiger partial charge in [0.25, 0.3) is 5.52 Å². The topological polar surface area (TPSA) is 63.9 Å². The summed E-state index contributed by atoms with van der Waals surface area (Å²) in [5, 5.41) is 22.8. The van der Waals surface area contributed by atoms with Crippen molar-refractivity contribution in [1.82, 2.24) is 5.10 Å². The van der Waals surface area contributed by atoms with Crippen molar-refractivity contribution < 1.29 is 9.24 Å². The summed E-state index contributed by atoms with van der Waals surface area (Å²) in [6.07, 6.45) is 0. The lowest BCUT2D eigenvalue weighted by Crippen LogP contribution is -2.33. The first-order valence-corrected chi connectivity index (χ1v) is 6.08. The fraction of sp³-hybridized carbons (Fsp3) is 0. The van der Waals surface area contributed by atoms with Crippen molar-refractivity contribution in [3.63, 3.8) is 0 Å². The molecule has 20 heavy (non-hydrogen) atoms. The van der Waals surface area contributed by atoms with Crippen LogP contribution in [0.3, 0.4) is 0 Å².